The molecular formula is C17H21N3O3. The summed E-state index contributed by atoms with van der Waals surface area (Å²) in [5.41, 5.74) is 1.13. The van der Waals surface area contributed by atoms with Gasteiger partial charge >= 0.3 is 0 Å². The van der Waals surface area contributed by atoms with Crippen molar-refractivity contribution in [1.82, 2.24) is 10.5 Å². The van der Waals surface area contributed by atoms with Crippen LogP contribution in [-0.2, 0) is 16.0 Å². The van der Waals surface area contributed by atoms with E-state index in [1.54, 1.807) is 13.0 Å². The van der Waals surface area contributed by atoms with E-state index < -0.39 is 0 Å². The lowest BCUT2D eigenvalue weighted by Crippen LogP contribution is -2.37. The van der Waals surface area contributed by atoms with E-state index in [1.807, 2.05) is 30.3 Å². The Bertz CT molecular complexity index is 652. The van der Waals surface area contributed by atoms with E-state index in [1.165, 1.54) is 11.8 Å². The molecule has 0 fully saturated rings. The second kappa shape index (κ2) is 8.12. The van der Waals surface area contributed by atoms with Crippen molar-refractivity contribution in [2.24, 2.45) is 0 Å². The summed E-state index contributed by atoms with van der Waals surface area (Å²) < 4.78 is 4.98. The zero-order chi connectivity index (χ0) is 16.7. The third-order valence-electron chi connectivity index (χ3n) is 3.41. The van der Waals surface area contributed by atoms with Crippen molar-refractivity contribution >= 4 is 17.6 Å². The van der Waals surface area contributed by atoms with Gasteiger partial charge in [-0.15, -0.1) is 0 Å². The van der Waals surface area contributed by atoms with Gasteiger partial charge < -0.3 is 9.84 Å². The molecule has 0 saturated carbocycles. The highest BCUT2D eigenvalue weighted by Gasteiger charge is 2.15. The highest BCUT2D eigenvalue weighted by Crippen LogP contribution is 2.13. The average Bonchev–Trinajstić information content (AvgIpc) is 2.96. The molecular weight excluding hydrogens is 294 g/mol. The fourth-order valence-corrected chi connectivity index (χ4v) is 2.21. The summed E-state index contributed by atoms with van der Waals surface area (Å²) in [6.45, 7) is 3.96. The molecule has 1 aromatic carbocycles. The Morgan fingerprint density at radius 3 is 2.61 bits per heavy atom. The molecule has 0 aliphatic carbocycles. The fourth-order valence-electron chi connectivity index (χ4n) is 2.21. The second-order valence-electron chi connectivity index (χ2n) is 5.30. The molecule has 6 nitrogen and oxygen atoms in total. The first kappa shape index (κ1) is 16.7. The summed E-state index contributed by atoms with van der Waals surface area (Å²) in [4.78, 5) is 25.0. The number of hydrogen-bond acceptors (Lipinski definition) is 4. The predicted molar refractivity (Wildman–Crippen MR) is 87.0 cm³/mol. The van der Waals surface area contributed by atoms with Crippen LogP contribution >= 0.6 is 0 Å². The lowest BCUT2D eigenvalue weighted by Gasteiger charge is -2.17. The smallest absolute Gasteiger partial charge is 0.225 e. The summed E-state index contributed by atoms with van der Waals surface area (Å²) in [5.74, 6) is 0.928. The lowest BCUT2D eigenvalue weighted by molar-refractivity contribution is -0.121. The molecule has 23 heavy (non-hydrogen) atoms. The van der Waals surface area contributed by atoms with E-state index in [0.717, 1.165) is 5.56 Å². The van der Waals surface area contributed by atoms with Gasteiger partial charge in [-0.25, -0.2) is 0 Å². The minimum absolute atomic E-state index is 0.0336. The number of nitrogens with one attached hydrogen (secondary N) is 1. The molecule has 1 heterocycles. The maximum absolute atomic E-state index is 11.9. The van der Waals surface area contributed by atoms with Gasteiger partial charge in [-0.3, -0.25) is 14.5 Å². The Kier molecular flexibility index (Phi) is 5.91. The van der Waals surface area contributed by atoms with Crippen LogP contribution in [0.5, 0.6) is 0 Å². The van der Waals surface area contributed by atoms with Crippen LogP contribution in [-0.4, -0.2) is 30.1 Å². The molecule has 0 radical (unpaired) electrons. The third-order valence-corrected chi connectivity index (χ3v) is 3.41. The molecule has 1 N–H and O–H groups in total. The first-order chi connectivity index (χ1) is 11.1. The van der Waals surface area contributed by atoms with E-state index in [4.69, 9.17) is 4.52 Å². The zero-order valence-electron chi connectivity index (χ0n) is 13.4. The number of carbonyl (C=O) groups is 2. The number of carbonyl (C=O) groups excluding carboxylic acids is 2. The van der Waals surface area contributed by atoms with Crippen molar-refractivity contribution in [3.63, 3.8) is 0 Å². The first-order valence-corrected chi connectivity index (χ1v) is 7.58. The first-order valence-electron chi connectivity index (χ1n) is 7.58. The molecule has 2 rings (SSSR count). The number of rotatable bonds is 7. The van der Waals surface area contributed by atoms with Crippen molar-refractivity contribution < 1.29 is 14.1 Å². The summed E-state index contributed by atoms with van der Waals surface area (Å²) in [6, 6.07) is 11.6. The van der Waals surface area contributed by atoms with Gasteiger partial charge in [-0.1, -0.05) is 35.5 Å². The second-order valence-corrected chi connectivity index (χ2v) is 5.30. The van der Waals surface area contributed by atoms with Gasteiger partial charge in [0.15, 0.2) is 5.82 Å². The number of aromatic nitrogens is 1. The summed E-state index contributed by atoms with van der Waals surface area (Å²) in [6.07, 6.45) is 1.12. The molecule has 0 unspecified atom stereocenters. The van der Waals surface area contributed by atoms with Crippen LogP contribution in [0.1, 0.15) is 24.7 Å². The van der Waals surface area contributed by atoms with Gasteiger partial charge in [0.05, 0.1) is 0 Å². The molecule has 0 bridgehead atoms. The summed E-state index contributed by atoms with van der Waals surface area (Å²) >= 11 is 0. The SMILES string of the molecule is CC(=O)N(CCNC(=O)CCc1ccccc1)c1cc(C)on1. The number of nitrogens with zero attached hydrogens (tertiary/aromatic N) is 2. The van der Waals surface area contributed by atoms with Crippen LogP contribution in [0.4, 0.5) is 5.82 Å². The zero-order valence-corrected chi connectivity index (χ0v) is 13.4. The van der Waals surface area contributed by atoms with Crippen LogP contribution in [0.2, 0.25) is 0 Å². The largest absolute Gasteiger partial charge is 0.360 e. The number of hydrogen-bond donors (Lipinski definition) is 1. The Morgan fingerprint density at radius 1 is 1.26 bits per heavy atom. The minimum Gasteiger partial charge on any atom is -0.360 e. The van der Waals surface area contributed by atoms with Crippen LogP contribution < -0.4 is 10.2 Å². The molecule has 122 valence electrons. The standard InChI is InChI=1S/C17H21N3O3/c1-13-12-16(19-23-13)20(14(2)21)11-10-18-17(22)9-8-15-6-4-3-5-7-15/h3-7,12H,8-11H2,1-2H3,(H,18,22). The lowest BCUT2D eigenvalue weighted by atomic mass is 10.1. The Morgan fingerprint density at radius 2 is 2.00 bits per heavy atom. The van der Waals surface area contributed by atoms with Crippen molar-refractivity contribution in [3.8, 4) is 0 Å². The van der Waals surface area contributed by atoms with Crippen molar-refractivity contribution in [2.45, 2.75) is 26.7 Å². The minimum atomic E-state index is -0.142. The molecule has 1 aromatic heterocycles. The molecule has 0 aliphatic heterocycles. The van der Waals surface area contributed by atoms with Gasteiger partial charge in [0.2, 0.25) is 11.8 Å². The van der Waals surface area contributed by atoms with Crippen LogP contribution in [0.25, 0.3) is 0 Å². The molecule has 0 spiro atoms. The molecule has 6 heteroatoms. The van der Waals surface area contributed by atoms with E-state index in [2.05, 4.69) is 10.5 Å². The maximum atomic E-state index is 11.9. The van der Waals surface area contributed by atoms with Gasteiger partial charge in [0.25, 0.3) is 0 Å². The van der Waals surface area contributed by atoms with E-state index in [-0.39, 0.29) is 11.8 Å². The predicted octanol–water partition coefficient (Wildman–Crippen LogP) is 2.08. The highest BCUT2D eigenvalue weighted by atomic mass is 16.5. The van der Waals surface area contributed by atoms with Gasteiger partial charge in [-0.2, -0.15) is 0 Å². The number of aryl methyl sites for hydroxylation is 2. The molecule has 0 atom stereocenters. The number of anilines is 1. The number of benzene rings is 1. The monoisotopic (exact) mass is 315 g/mol. The van der Waals surface area contributed by atoms with Gasteiger partial charge in [-0.05, 0) is 18.9 Å². The molecule has 0 saturated heterocycles. The van der Waals surface area contributed by atoms with Crippen molar-refractivity contribution in [1.29, 1.82) is 0 Å². The Labute approximate surface area is 135 Å². The van der Waals surface area contributed by atoms with Gasteiger partial charge in [0.1, 0.15) is 5.76 Å². The maximum Gasteiger partial charge on any atom is 0.225 e. The van der Waals surface area contributed by atoms with Crippen LogP contribution in [0.3, 0.4) is 0 Å². The van der Waals surface area contributed by atoms with Crippen LogP contribution in [0.15, 0.2) is 40.9 Å². The Balaban J connectivity index is 1.76. The van der Waals surface area contributed by atoms with Crippen molar-refractivity contribution in [3.05, 3.63) is 47.7 Å². The van der Waals surface area contributed by atoms with E-state index in [9.17, 15) is 9.59 Å². The average molecular weight is 315 g/mol. The van der Waals surface area contributed by atoms with Gasteiger partial charge in [0, 0.05) is 32.5 Å². The fraction of sp³-hybridized carbons (Fsp3) is 0.353. The quantitative estimate of drug-likeness (QED) is 0.849. The molecule has 2 amide bonds. The molecule has 0 aliphatic rings. The third kappa shape index (κ3) is 5.25. The van der Waals surface area contributed by atoms with E-state index in [0.29, 0.717) is 37.5 Å². The topological polar surface area (TPSA) is 75.4 Å². The normalized spacial score (nSPS) is 10.3. The highest BCUT2D eigenvalue weighted by molar-refractivity contribution is 5.90. The van der Waals surface area contributed by atoms with Crippen molar-refractivity contribution in [2.75, 3.05) is 18.0 Å². The summed E-state index contributed by atoms with van der Waals surface area (Å²) in [5, 5.41) is 6.65. The number of amides is 2. The van der Waals surface area contributed by atoms with E-state index >= 15 is 0 Å². The molecule has 2 aromatic rings. The van der Waals surface area contributed by atoms with Crippen LogP contribution in [0, 0.1) is 6.92 Å². The summed E-state index contributed by atoms with van der Waals surface area (Å²) in [7, 11) is 0. The Hall–Kier alpha value is -2.63.